The van der Waals surface area contributed by atoms with Crippen LogP contribution in [0.1, 0.15) is 36.5 Å². The van der Waals surface area contributed by atoms with Crippen LogP contribution in [-0.4, -0.2) is 37.1 Å². The average molecular weight is 349 g/mol. The van der Waals surface area contributed by atoms with E-state index in [9.17, 15) is 0 Å². The molecule has 1 heterocycles. The first-order chi connectivity index (χ1) is 12.5. The molecule has 1 aliphatic rings. The zero-order chi connectivity index (χ0) is 18.7. The fourth-order valence-corrected chi connectivity index (χ4v) is 4.32. The van der Waals surface area contributed by atoms with Gasteiger partial charge in [-0.05, 0) is 62.6 Å². The van der Waals surface area contributed by atoms with E-state index in [1.807, 2.05) is 7.05 Å². The van der Waals surface area contributed by atoms with Gasteiger partial charge in [0.1, 0.15) is 0 Å². The quantitative estimate of drug-likeness (QED) is 0.745. The largest absolute Gasteiger partial charge is 0.316 e. The van der Waals surface area contributed by atoms with Crippen LogP contribution in [0.4, 0.5) is 0 Å². The minimum atomic E-state index is 0.593. The van der Waals surface area contributed by atoms with Gasteiger partial charge in [-0.15, -0.1) is 0 Å². The highest BCUT2D eigenvalue weighted by Crippen LogP contribution is 2.40. The smallest absolute Gasteiger partial charge is 0.0169 e. The average Bonchev–Trinajstić information content (AvgIpc) is 2.65. The van der Waals surface area contributed by atoms with E-state index in [4.69, 9.17) is 0 Å². The van der Waals surface area contributed by atoms with Crippen molar-refractivity contribution < 1.29 is 0 Å². The van der Waals surface area contributed by atoms with Crippen molar-refractivity contribution in [3.8, 4) is 11.1 Å². The summed E-state index contributed by atoms with van der Waals surface area (Å²) >= 11 is 0. The highest BCUT2D eigenvalue weighted by atomic mass is 15.3. The molecule has 26 heavy (non-hydrogen) atoms. The minimum Gasteiger partial charge on any atom is -0.316 e. The predicted octanol–water partition coefficient (Wildman–Crippen LogP) is 4.92. The molecular weight excluding hydrogens is 316 g/mol. The SMILES string of the molecule is CNC/C=C\CN1C(C)C(c2ccc(-c3cccc(C)c3C)cc2)C1C. The number of hydrogen-bond acceptors (Lipinski definition) is 2. The monoisotopic (exact) mass is 348 g/mol. The van der Waals surface area contributed by atoms with E-state index in [0.29, 0.717) is 18.0 Å². The van der Waals surface area contributed by atoms with Crippen LogP contribution < -0.4 is 5.32 Å². The molecule has 2 unspecified atom stereocenters. The molecule has 2 aromatic rings. The van der Waals surface area contributed by atoms with E-state index >= 15 is 0 Å². The number of nitrogens with one attached hydrogen (secondary N) is 1. The van der Waals surface area contributed by atoms with Crippen LogP contribution in [0.15, 0.2) is 54.6 Å². The van der Waals surface area contributed by atoms with E-state index in [1.165, 1.54) is 27.8 Å². The molecule has 2 atom stereocenters. The van der Waals surface area contributed by atoms with Gasteiger partial charge in [0.15, 0.2) is 0 Å². The molecule has 3 rings (SSSR count). The molecule has 1 aliphatic heterocycles. The first-order valence-electron chi connectivity index (χ1n) is 9.76. The van der Waals surface area contributed by atoms with Crippen LogP contribution >= 0.6 is 0 Å². The molecule has 1 saturated heterocycles. The highest BCUT2D eigenvalue weighted by molar-refractivity contribution is 5.68. The van der Waals surface area contributed by atoms with E-state index in [0.717, 1.165) is 13.1 Å². The zero-order valence-corrected chi connectivity index (χ0v) is 16.8. The topological polar surface area (TPSA) is 15.3 Å². The molecule has 0 spiro atoms. The number of likely N-dealkylation sites (tertiary alicyclic amines) is 1. The lowest BCUT2D eigenvalue weighted by Gasteiger charge is -2.53. The van der Waals surface area contributed by atoms with Gasteiger partial charge < -0.3 is 5.32 Å². The molecule has 138 valence electrons. The van der Waals surface area contributed by atoms with Crippen LogP contribution in [0.3, 0.4) is 0 Å². The lowest BCUT2D eigenvalue weighted by Crippen LogP contribution is -2.59. The maximum Gasteiger partial charge on any atom is 0.0169 e. The molecule has 1 fully saturated rings. The Bertz CT molecular complexity index is 750. The maximum absolute atomic E-state index is 3.16. The van der Waals surface area contributed by atoms with Gasteiger partial charge in [-0.25, -0.2) is 0 Å². The van der Waals surface area contributed by atoms with Crippen molar-refractivity contribution in [2.24, 2.45) is 0 Å². The van der Waals surface area contributed by atoms with Crippen molar-refractivity contribution in [2.75, 3.05) is 20.1 Å². The summed E-state index contributed by atoms with van der Waals surface area (Å²) in [4.78, 5) is 2.58. The van der Waals surface area contributed by atoms with Crippen LogP contribution in [0, 0.1) is 13.8 Å². The molecule has 2 heteroatoms. The summed E-state index contributed by atoms with van der Waals surface area (Å²) in [6.45, 7) is 11.1. The fourth-order valence-electron chi connectivity index (χ4n) is 4.32. The fraction of sp³-hybridized carbons (Fsp3) is 0.417. The van der Waals surface area contributed by atoms with E-state index in [1.54, 1.807) is 0 Å². The zero-order valence-electron chi connectivity index (χ0n) is 16.8. The van der Waals surface area contributed by atoms with E-state index in [-0.39, 0.29) is 0 Å². The Labute approximate surface area is 158 Å². The summed E-state index contributed by atoms with van der Waals surface area (Å²) in [6, 6.07) is 17.0. The predicted molar refractivity (Wildman–Crippen MR) is 113 cm³/mol. The van der Waals surface area contributed by atoms with Crippen LogP contribution in [-0.2, 0) is 0 Å². The normalized spacial score (nSPS) is 23.3. The van der Waals surface area contributed by atoms with Gasteiger partial charge in [0.05, 0.1) is 0 Å². The van der Waals surface area contributed by atoms with Crippen molar-refractivity contribution in [1.29, 1.82) is 0 Å². The van der Waals surface area contributed by atoms with E-state index in [2.05, 4.69) is 92.5 Å². The number of rotatable bonds is 6. The second-order valence-electron chi connectivity index (χ2n) is 7.60. The van der Waals surface area contributed by atoms with Crippen molar-refractivity contribution in [1.82, 2.24) is 10.2 Å². The van der Waals surface area contributed by atoms with Crippen LogP contribution in [0.2, 0.25) is 0 Å². The minimum absolute atomic E-state index is 0.593. The van der Waals surface area contributed by atoms with Crippen molar-refractivity contribution in [3.05, 3.63) is 71.3 Å². The second-order valence-corrected chi connectivity index (χ2v) is 7.60. The lowest BCUT2D eigenvalue weighted by molar-refractivity contribution is 0.0189. The van der Waals surface area contributed by atoms with Crippen molar-refractivity contribution in [2.45, 2.75) is 45.7 Å². The van der Waals surface area contributed by atoms with Gasteiger partial charge in [-0.3, -0.25) is 4.90 Å². The first-order valence-corrected chi connectivity index (χ1v) is 9.76. The standard InChI is InChI=1S/C24H32N2/c1-17-9-8-10-23(18(17)2)21-11-13-22(14-12-21)24-19(3)26(20(24)4)16-7-6-15-25-5/h6-14,19-20,24-25H,15-16H2,1-5H3/b7-6-. The van der Waals surface area contributed by atoms with E-state index < -0.39 is 0 Å². The van der Waals surface area contributed by atoms with Gasteiger partial charge in [0, 0.05) is 31.1 Å². The Morgan fingerprint density at radius 2 is 1.65 bits per heavy atom. The van der Waals surface area contributed by atoms with Crippen LogP contribution in [0.25, 0.3) is 11.1 Å². The van der Waals surface area contributed by atoms with Crippen molar-refractivity contribution >= 4 is 0 Å². The lowest BCUT2D eigenvalue weighted by atomic mass is 9.76. The molecule has 0 aliphatic carbocycles. The molecule has 2 aromatic carbocycles. The van der Waals surface area contributed by atoms with Gasteiger partial charge >= 0.3 is 0 Å². The second kappa shape index (κ2) is 8.20. The Hall–Kier alpha value is -1.90. The summed E-state index contributed by atoms with van der Waals surface area (Å²) in [5.74, 6) is 0.625. The summed E-state index contributed by atoms with van der Waals surface area (Å²) in [5, 5.41) is 3.16. The van der Waals surface area contributed by atoms with Gasteiger partial charge in [-0.1, -0.05) is 54.6 Å². The molecule has 0 bridgehead atoms. The Balaban J connectivity index is 1.70. The molecule has 0 radical (unpaired) electrons. The number of nitrogens with zero attached hydrogens (tertiary/aromatic N) is 1. The maximum atomic E-state index is 3.16. The number of aryl methyl sites for hydroxylation is 1. The van der Waals surface area contributed by atoms with Crippen molar-refractivity contribution in [3.63, 3.8) is 0 Å². The third-order valence-corrected chi connectivity index (χ3v) is 6.10. The summed E-state index contributed by atoms with van der Waals surface area (Å²) < 4.78 is 0. The third-order valence-electron chi connectivity index (χ3n) is 6.10. The highest BCUT2D eigenvalue weighted by Gasteiger charge is 2.42. The molecule has 0 amide bonds. The third kappa shape index (κ3) is 3.62. The number of hydrogen-bond donors (Lipinski definition) is 1. The Morgan fingerprint density at radius 1 is 0.962 bits per heavy atom. The summed E-state index contributed by atoms with van der Waals surface area (Å²) in [7, 11) is 1.98. The van der Waals surface area contributed by atoms with Gasteiger partial charge in [-0.2, -0.15) is 0 Å². The Kier molecular flexibility index (Phi) is 5.95. The first kappa shape index (κ1) is 18.9. The van der Waals surface area contributed by atoms with Gasteiger partial charge in [0.25, 0.3) is 0 Å². The molecule has 1 N–H and O–H groups in total. The molecule has 0 aromatic heterocycles. The molecule has 2 nitrogen and oxygen atoms in total. The number of benzene rings is 2. The van der Waals surface area contributed by atoms with Gasteiger partial charge in [0.2, 0.25) is 0 Å². The summed E-state index contributed by atoms with van der Waals surface area (Å²) in [6.07, 6.45) is 4.50. The molecular formula is C24H32N2. The number of likely N-dealkylation sites (N-methyl/N-ethyl adjacent to an activating group) is 1. The summed E-state index contributed by atoms with van der Waals surface area (Å²) in [5.41, 5.74) is 6.87. The Morgan fingerprint density at radius 3 is 2.31 bits per heavy atom. The van der Waals surface area contributed by atoms with Crippen LogP contribution in [0.5, 0.6) is 0 Å². The molecule has 0 saturated carbocycles.